The second-order valence-corrected chi connectivity index (χ2v) is 4.25. The maximum atomic E-state index is 5.99. The highest BCUT2D eigenvalue weighted by Gasteiger charge is 2.07. The molecule has 0 aliphatic heterocycles. The molecule has 0 amide bonds. The SMILES string of the molecule is Cc1ccc(-n2cc(Cl)c(C)n2)c(CN)c1. The van der Waals surface area contributed by atoms with Gasteiger partial charge in [-0.2, -0.15) is 5.10 Å². The van der Waals surface area contributed by atoms with Crippen LogP contribution in [0.4, 0.5) is 0 Å². The van der Waals surface area contributed by atoms with E-state index in [-0.39, 0.29) is 0 Å². The molecule has 0 saturated carbocycles. The predicted molar refractivity (Wildman–Crippen MR) is 65.9 cm³/mol. The fourth-order valence-electron chi connectivity index (χ4n) is 1.66. The van der Waals surface area contributed by atoms with Gasteiger partial charge in [0.2, 0.25) is 0 Å². The number of benzene rings is 1. The number of nitrogens with two attached hydrogens (primary N) is 1. The number of aromatic nitrogens is 2. The zero-order valence-electron chi connectivity index (χ0n) is 9.37. The molecule has 4 heteroatoms. The minimum Gasteiger partial charge on any atom is -0.326 e. The van der Waals surface area contributed by atoms with Crippen LogP contribution in [0.1, 0.15) is 16.8 Å². The van der Waals surface area contributed by atoms with Crippen LogP contribution in [0.2, 0.25) is 5.02 Å². The topological polar surface area (TPSA) is 43.8 Å². The number of rotatable bonds is 2. The third-order valence-corrected chi connectivity index (χ3v) is 2.91. The van der Waals surface area contributed by atoms with Crippen LogP contribution in [0, 0.1) is 13.8 Å². The van der Waals surface area contributed by atoms with Crippen molar-refractivity contribution in [2.75, 3.05) is 0 Å². The van der Waals surface area contributed by atoms with Crippen molar-refractivity contribution in [2.45, 2.75) is 20.4 Å². The third kappa shape index (κ3) is 1.96. The molecule has 0 radical (unpaired) electrons. The van der Waals surface area contributed by atoms with E-state index in [9.17, 15) is 0 Å². The number of hydrogen-bond acceptors (Lipinski definition) is 2. The van der Waals surface area contributed by atoms with E-state index in [0.29, 0.717) is 11.6 Å². The fourth-order valence-corrected chi connectivity index (χ4v) is 1.79. The van der Waals surface area contributed by atoms with Gasteiger partial charge in [0.15, 0.2) is 0 Å². The molecule has 1 aromatic heterocycles. The zero-order valence-corrected chi connectivity index (χ0v) is 10.1. The summed E-state index contributed by atoms with van der Waals surface area (Å²) in [6.45, 7) is 4.42. The summed E-state index contributed by atoms with van der Waals surface area (Å²) in [6.07, 6.45) is 1.81. The van der Waals surface area contributed by atoms with E-state index in [4.69, 9.17) is 17.3 Å². The molecule has 0 atom stereocenters. The third-order valence-electron chi connectivity index (χ3n) is 2.54. The summed E-state index contributed by atoms with van der Waals surface area (Å²) in [7, 11) is 0. The van der Waals surface area contributed by atoms with Gasteiger partial charge in [0.05, 0.1) is 16.4 Å². The summed E-state index contributed by atoms with van der Waals surface area (Å²) >= 11 is 5.99. The van der Waals surface area contributed by atoms with Gasteiger partial charge in [-0.25, -0.2) is 4.68 Å². The van der Waals surface area contributed by atoms with Gasteiger partial charge in [-0.05, 0) is 25.5 Å². The van der Waals surface area contributed by atoms with Crippen LogP contribution < -0.4 is 5.73 Å². The molecule has 1 heterocycles. The standard InChI is InChI=1S/C12H14ClN3/c1-8-3-4-12(10(5-8)6-14)16-7-11(13)9(2)15-16/h3-5,7H,6,14H2,1-2H3. The first kappa shape index (κ1) is 11.2. The van der Waals surface area contributed by atoms with Gasteiger partial charge in [-0.15, -0.1) is 0 Å². The van der Waals surface area contributed by atoms with Crippen LogP contribution in [0.3, 0.4) is 0 Å². The Balaban J connectivity index is 2.55. The molecule has 16 heavy (non-hydrogen) atoms. The van der Waals surface area contributed by atoms with E-state index in [1.54, 1.807) is 10.9 Å². The highest BCUT2D eigenvalue weighted by Crippen LogP contribution is 2.20. The predicted octanol–water partition coefficient (Wildman–Crippen LogP) is 2.60. The van der Waals surface area contributed by atoms with Crippen molar-refractivity contribution in [1.82, 2.24) is 9.78 Å². The monoisotopic (exact) mass is 235 g/mol. The van der Waals surface area contributed by atoms with E-state index in [2.05, 4.69) is 11.2 Å². The molecule has 84 valence electrons. The average Bonchev–Trinajstić information content (AvgIpc) is 2.59. The van der Waals surface area contributed by atoms with E-state index < -0.39 is 0 Å². The second kappa shape index (κ2) is 4.28. The molecule has 2 aromatic rings. The van der Waals surface area contributed by atoms with Gasteiger partial charge < -0.3 is 5.73 Å². The highest BCUT2D eigenvalue weighted by atomic mass is 35.5. The normalized spacial score (nSPS) is 10.8. The lowest BCUT2D eigenvalue weighted by Gasteiger charge is -2.08. The van der Waals surface area contributed by atoms with Crippen molar-refractivity contribution in [3.05, 3.63) is 46.2 Å². The molecule has 0 bridgehead atoms. The van der Waals surface area contributed by atoms with Crippen LogP contribution in [0.5, 0.6) is 0 Å². The summed E-state index contributed by atoms with van der Waals surface area (Å²) in [5, 5.41) is 5.02. The van der Waals surface area contributed by atoms with Crippen LogP contribution in [0.15, 0.2) is 24.4 Å². The fraction of sp³-hybridized carbons (Fsp3) is 0.250. The molecule has 3 nitrogen and oxygen atoms in total. The van der Waals surface area contributed by atoms with Gasteiger partial charge in [-0.1, -0.05) is 29.3 Å². The maximum absolute atomic E-state index is 5.99. The minimum atomic E-state index is 0.494. The Morgan fingerprint density at radius 2 is 2.12 bits per heavy atom. The number of aryl methyl sites for hydroxylation is 2. The van der Waals surface area contributed by atoms with Crippen LogP contribution in [-0.2, 0) is 6.54 Å². The summed E-state index contributed by atoms with van der Waals surface area (Å²) in [5.41, 5.74) is 9.80. The lowest BCUT2D eigenvalue weighted by molar-refractivity contribution is 0.843. The Morgan fingerprint density at radius 1 is 1.38 bits per heavy atom. The van der Waals surface area contributed by atoms with E-state index in [0.717, 1.165) is 16.9 Å². The molecular formula is C12H14ClN3. The maximum Gasteiger partial charge on any atom is 0.0819 e. The average molecular weight is 236 g/mol. The minimum absolute atomic E-state index is 0.494. The smallest absolute Gasteiger partial charge is 0.0819 e. The molecule has 2 rings (SSSR count). The summed E-state index contributed by atoms with van der Waals surface area (Å²) in [5.74, 6) is 0. The Labute approximate surface area is 99.8 Å². The van der Waals surface area contributed by atoms with Crippen LogP contribution >= 0.6 is 11.6 Å². The lowest BCUT2D eigenvalue weighted by Crippen LogP contribution is -2.05. The second-order valence-electron chi connectivity index (χ2n) is 3.84. The van der Waals surface area contributed by atoms with Crippen molar-refractivity contribution < 1.29 is 0 Å². The zero-order chi connectivity index (χ0) is 11.7. The Hall–Kier alpha value is -1.32. The lowest BCUT2D eigenvalue weighted by atomic mass is 10.1. The first-order valence-corrected chi connectivity index (χ1v) is 5.51. The first-order chi connectivity index (χ1) is 7.61. The van der Waals surface area contributed by atoms with Crippen molar-refractivity contribution in [3.8, 4) is 5.69 Å². The number of hydrogen-bond donors (Lipinski definition) is 1. The molecule has 0 saturated heterocycles. The highest BCUT2D eigenvalue weighted by molar-refractivity contribution is 6.31. The largest absolute Gasteiger partial charge is 0.326 e. The Kier molecular flexibility index (Phi) is 2.99. The van der Waals surface area contributed by atoms with Crippen molar-refractivity contribution in [3.63, 3.8) is 0 Å². The van der Waals surface area contributed by atoms with Gasteiger partial charge in [0.25, 0.3) is 0 Å². The van der Waals surface area contributed by atoms with Crippen molar-refractivity contribution in [1.29, 1.82) is 0 Å². The Bertz CT molecular complexity index is 497. The molecule has 2 N–H and O–H groups in total. The number of halogens is 1. The van der Waals surface area contributed by atoms with Gasteiger partial charge in [-0.3, -0.25) is 0 Å². The Morgan fingerprint density at radius 3 is 2.69 bits per heavy atom. The summed E-state index contributed by atoms with van der Waals surface area (Å²) in [4.78, 5) is 0. The van der Waals surface area contributed by atoms with Crippen LogP contribution in [0.25, 0.3) is 5.69 Å². The molecule has 0 aliphatic carbocycles. The molecule has 1 aromatic carbocycles. The van der Waals surface area contributed by atoms with E-state index in [1.807, 2.05) is 26.0 Å². The van der Waals surface area contributed by atoms with Crippen molar-refractivity contribution >= 4 is 11.6 Å². The quantitative estimate of drug-likeness (QED) is 0.870. The molecule has 0 spiro atoms. The summed E-state index contributed by atoms with van der Waals surface area (Å²) < 4.78 is 1.78. The summed E-state index contributed by atoms with van der Waals surface area (Å²) in [6, 6.07) is 6.12. The first-order valence-electron chi connectivity index (χ1n) is 5.13. The van der Waals surface area contributed by atoms with Crippen LogP contribution in [-0.4, -0.2) is 9.78 Å². The van der Waals surface area contributed by atoms with E-state index in [1.165, 1.54) is 5.56 Å². The van der Waals surface area contributed by atoms with E-state index >= 15 is 0 Å². The molecule has 0 aliphatic rings. The number of nitrogens with zero attached hydrogens (tertiary/aromatic N) is 2. The van der Waals surface area contributed by atoms with Gasteiger partial charge in [0, 0.05) is 12.7 Å². The van der Waals surface area contributed by atoms with Gasteiger partial charge >= 0.3 is 0 Å². The van der Waals surface area contributed by atoms with Crippen molar-refractivity contribution in [2.24, 2.45) is 5.73 Å². The molecule has 0 unspecified atom stereocenters. The molecule has 0 fully saturated rings. The molecular weight excluding hydrogens is 222 g/mol. The van der Waals surface area contributed by atoms with Gasteiger partial charge in [0.1, 0.15) is 0 Å².